The van der Waals surface area contributed by atoms with Gasteiger partial charge in [0.2, 0.25) is 0 Å². The van der Waals surface area contributed by atoms with Crippen LogP contribution in [0.4, 0.5) is 26.4 Å². The molecule has 10 heteroatoms. The van der Waals surface area contributed by atoms with Gasteiger partial charge in [0.25, 0.3) is 0 Å². The number of carbonyl (C=O) groups is 1. The first-order valence-corrected chi connectivity index (χ1v) is 11.0. The van der Waals surface area contributed by atoms with E-state index in [9.17, 15) is 9.18 Å². The Bertz CT molecular complexity index is 1200. The third kappa shape index (κ3) is 3.73. The topological polar surface area (TPSA) is 88.6 Å². The molecule has 166 valence electrons. The standard InChI is InChI=1S/C22H21BrFN5O3/c1-31-19-10-17-14(20(27-12-26-17)28-16-3-2-13(23)8-15(16)24)9-18(19)29-11-22(32-21(29)30)4-6-25-7-5-22/h2-3,8-10,12,25H,4-7,11H2,1H3,(H,26,27,28). The Morgan fingerprint density at radius 1 is 1.25 bits per heavy atom. The fraction of sp³-hybridized carbons (Fsp3) is 0.318. The van der Waals surface area contributed by atoms with E-state index in [-0.39, 0.29) is 5.69 Å². The number of methoxy groups -OCH3 is 1. The Hall–Kier alpha value is -2.98. The highest BCUT2D eigenvalue weighted by Gasteiger charge is 2.47. The predicted molar refractivity (Wildman–Crippen MR) is 122 cm³/mol. The molecule has 32 heavy (non-hydrogen) atoms. The molecule has 2 aliphatic heterocycles. The summed E-state index contributed by atoms with van der Waals surface area (Å²) < 4.78 is 26.4. The Morgan fingerprint density at radius 2 is 2.06 bits per heavy atom. The van der Waals surface area contributed by atoms with Crippen molar-refractivity contribution in [2.45, 2.75) is 18.4 Å². The number of ether oxygens (including phenoxy) is 2. The maximum atomic E-state index is 14.4. The Kier molecular flexibility index (Phi) is 5.34. The van der Waals surface area contributed by atoms with E-state index in [1.54, 1.807) is 36.3 Å². The van der Waals surface area contributed by atoms with Crippen LogP contribution in [0.1, 0.15) is 12.8 Å². The highest BCUT2D eigenvalue weighted by Crippen LogP contribution is 2.41. The van der Waals surface area contributed by atoms with Gasteiger partial charge < -0.3 is 20.1 Å². The van der Waals surface area contributed by atoms with Crippen LogP contribution in [0.5, 0.6) is 5.75 Å². The van der Waals surface area contributed by atoms with Crippen LogP contribution >= 0.6 is 15.9 Å². The van der Waals surface area contributed by atoms with Crippen LogP contribution in [-0.4, -0.2) is 48.4 Å². The largest absolute Gasteiger partial charge is 0.494 e. The lowest BCUT2D eigenvalue weighted by molar-refractivity contribution is 0.0316. The Balaban J connectivity index is 1.56. The third-order valence-electron chi connectivity index (χ3n) is 5.90. The number of fused-ring (bicyclic) bond motifs is 1. The Morgan fingerprint density at radius 3 is 2.81 bits per heavy atom. The number of anilines is 3. The van der Waals surface area contributed by atoms with Crippen LogP contribution < -0.4 is 20.3 Å². The van der Waals surface area contributed by atoms with Gasteiger partial charge in [0.05, 0.1) is 30.5 Å². The minimum absolute atomic E-state index is 0.278. The molecule has 2 fully saturated rings. The van der Waals surface area contributed by atoms with Crippen molar-refractivity contribution in [3.8, 4) is 5.75 Å². The van der Waals surface area contributed by atoms with Crippen molar-refractivity contribution in [2.75, 3.05) is 37.0 Å². The molecule has 0 atom stereocenters. The zero-order chi connectivity index (χ0) is 22.3. The molecule has 5 rings (SSSR count). The first-order chi connectivity index (χ1) is 15.5. The zero-order valence-electron chi connectivity index (χ0n) is 17.3. The second-order valence-corrected chi connectivity index (χ2v) is 8.82. The van der Waals surface area contributed by atoms with Crippen molar-refractivity contribution in [3.05, 3.63) is 46.9 Å². The highest BCUT2D eigenvalue weighted by atomic mass is 79.9. The lowest BCUT2D eigenvalue weighted by Gasteiger charge is -2.31. The number of benzene rings is 2. The van der Waals surface area contributed by atoms with Gasteiger partial charge in [-0.25, -0.2) is 19.2 Å². The van der Waals surface area contributed by atoms with E-state index in [0.717, 1.165) is 25.9 Å². The summed E-state index contributed by atoms with van der Waals surface area (Å²) in [5.74, 6) is 0.500. The first kappa shape index (κ1) is 20.9. The van der Waals surface area contributed by atoms with E-state index in [1.807, 2.05) is 0 Å². The number of aromatic nitrogens is 2. The zero-order valence-corrected chi connectivity index (χ0v) is 18.9. The smallest absolute Gasteiger partial charge is 0.415 e. The summed E-state index contributed by atoms with van der Waals surface area (Å²) in [7, 11) is 1.55. The molecule has 0 bridgehead atoms. The minimum Gasteiger partial charge on any atom is -0.494 e. The number of carbonyl (C=O) groups excluding carboxylic acids is 1. The van der Waals surface area contributed by atoms with Gasteiger partial charge in [-0.2, -0.15) is 0 Å². The predicted octanol–water partition coefficient (Wildman–Crippen LogP) is 4.36. The monoisotopic (exact) mass is 501 g/mol. The molecular weight excluding hydrogens is 481 g/mol. The van der Waals surface area contributed by atoms with Crippen molar-refractivity contribution in [1.82, 2.24) is 15.3 Å². The molecule has 0 radical (unpaired) electrons. The number of hydrogen-bond donors (Lipinski definition) is 2. The molecular formula is C22H21BrFN5O3. The van der Waals surface area contributed by atoms with Gasteiger partial charge >= 0.3 is 6.09 Å². The maximum absolute atomic E-state index is 14.4. The molecule has 0 saturated carbocycles. The van der Waals surface area contributed by atoms with Crippen LogP contribution in [0.25, 0.3) is 10.9 Å². The molecule has 0 unspecified atom stereocenters. The van der Waals surface area contributed by atoms with Gasteiger partial charge in [-0.05, 0) is 37.4 Å². The van der Waals surface area contributed by atoms with Gasteiger partial charge in [0.15, 0.2) is 0 Å². The van der Waals surface area contributed by atoms with Crippen LogP contribution in [0.2, 0.25) is 0 Å². The van der Waals surface area contributed by atoms with Gasteiger partial charge in [-0.3, -0.25) is 4.90 Å². The first-order valence-electron chi connectivity index (χ1n) is 10.2. The summed E-state index contributed by atoms with van der Waals surface area (Å²) in [6.45, 7) is 2.04. The number of amides is 1. The second-order valence-electron chi connectivity index (χ2n) is 7.90. The number of hydrogen-bond acceptors (Lipinski definition) is 7. The molecule has 2 saturated heterocycles. The quantitative estimate of drug-likeness (QED) is 0.548. The van der Waals surface area contributed by atoms with E-state index in [2.05, 4.69) is 36.5 Å². The number of rotatable bonds is 4. The molecule has 1 spiro atoms. The average molecular weight is 502 g/mol. The average Bonchev–Trinajstić information content (AvgIpc) is 3.10. The van der Waals surface area contributed by atoms with Crippen LogP contribution in [0.3, 0.4) is 0 Å². The minimum atomic E-state index is -0.503. The molecule has 0 aliphatic carbocycles. The molecule has 1 aromatic heterocycles. The molecule has 2 aliphatic rings. The lowest BCUT2D eigenvalue weighted by Crippen LogP contribution is -2.44. The second kappa shape index (κ2) is 8.18. The van der Waals surface area contributed by atoms with Crippen LogP contribution in [0.15, 0.2) is 41.1 Å². The number of nitrogens with zero attached hydrogens (tertiary/aromatic N) is 3. The number of nitrogens with one attached hydrogen (secondary N) is 2. The van der Waals surface area contributed by atoms with Crippen molar-refractivity contribution in [2.24, 2.45) is 0 Å². The Labute approximate surface area is 192 Å². The molecule has 3 aromatic rings. The van der Waals surface area contributed by atoms with E-state index < -0.39 is 17.5 Å². The summed E-state index contributed by atoms with van der Waals surface area (Å²) in [5.41, 5.74) is 0.941. The fourth-order valence-corrected chi connectivity index (χ4v) is 4.55. The van der Waals surface area contributed by atoms with Crippen molar-refractivity contribution in [1.29, 1.82) is 0 Å². The fourth-order valence-electron chi connectivity index (χ4n) is 4.22. The summed E-state index contributed by atoms with van der Waals surface area (Å²) >= 11 is 3.26. The van der Waals surface area contributed by atoms with E-state index in [4.69, 9.17) is 9.47 Å². The van der Waals surface area contributed by atoms with E-state index in [1.165, 1.54) is 12.4 Å². The molecule has 3 heterocycles. The summed E-state index contributed by atoms with van der Waals surface area (Å²) in [6, 6.07) is 8.27. The van der Waals surface area contributed by atoms with Gasteiger partial charge in [0, 0.05) is 28.8 Å². The van der Waals surface area contributed by atoms with Crippen molar-refractivity contribution < 1.29 is 18.7 Å². The maximum Gasteiger partial charge on any atom is 0.415 e. The molecule has 2 aromatic carbocycles. The van der Waals surface area contributed by atoms with Crippen LogP contribution in [0, 0.1) is 5.82 Å². The van der Waals surface area contributed by atoms with Crippen molar-refractivity contribution >= 4 is 50.1 Å². The van der Waals surface area contributed by atoms with E-state index in [0.29, 0.717) is 39.2 Å². The lowest BCUT2D eigenvalue weighted by atomic mass is 9.92. The summed E-state index contributed by atoms with van der Waals surface area (Å²) in [5, 5.41) is 6.96. The van der Waals surface area contributed by atoms with Crippen molar-refractivity contribution in [3.63, 3.8) is 0 Å². The third-order valence-corrected chi connectivity index (χ3v) is 6.39. The summed E-state index contributed by atoms with van der Waals surface area (Å²) in [6.07, 6.45) is 2.50. The van der Waals surface area contributed by atoms with Gasteiger partial charge in [-0.15, -0.1) is 0 Å². The number of halogens is 2. The normalized spacial score (nSPS) is 17.6. The van der Waals surface area contributed by atoms with Crippen LogP contribution in [-0.2, 0) is 4.74 Å². The molecule has 1 amide bonds. The summed E-state index contributed by atoms with van der Waals surface area (Å²) in [4.78, 5) is 23.1. The van der Waals surface area contributed by atoms with Gasteiger partial charge in [0.1, 0.15) is 29.3 Å². The highest BCUT2D eigenvalue weighted by molar-refractivity contribution is 9.10. The van der Waals surface area contributed by atoms with Gasteiger partial charge in [-0.1, -0.05) is 15.9 Å². The number of piperidine rings is 1. The SMILES string of the molecule is COc1cc2ncnc(Nc3ccc(Br)cc3F)c2cc1N1CC2(CCNCC2)OC1=O. The van der Waals surface area contributed by atoms with E-state index >= 15 is 0 Å². The molecule has 8 nitrogen and oxygen atoms in total. The molecule has 2 N–H and O–H groups in total.